The number of nitrogens with zero attached hydrogens (tertiary/aromatic N) is 1. The van der Waals surface area contributed by atoms with E-state index in [-0.39, 0.29) is 10.7 Å². The first kappa shape index (κ1) is 15.7. The maximum absolute atomic E-state index is 13.2. The Morgan fingerprint density at radius 2 is 2.00 bits per heavy atom. The summed E-state index contributed by atoms with van der Waals surface area (Å²) >= 11 is 0. The molecule has 0 aromatic heterocycles. The molecule has 0 amide bonds. The summed E-state index contributed by atoms with van der Waals surface area (Å²) in [7, 11) is -3.96. The van der Waals surface area contributed by atoms with Crippen molar-refractivity contribution in [3.8, 4) is 0 Å². The average Bonchev–Trinajstić information content (AvgIpc) is 2.47. The minimum atomic E-state index is -3.96. The van der Waals surface area contributed by atoms with Crippen molar-refractivity contribution < 1.29 is 18.0 Å². The summed E-state index contributed by atoms with van der Waals surface area (Å²) < 4.78 is 40.5. The Kier molecular flexibility index (Phi) is 4.48. The Bertz CT molecular complexity index is 640. The van der Waals surface area contributed by atoms with E-state index in [0.717, 1.165) is 25.3 Å². The van der Waals surface area contributed by atoms with Crippen LogP contribution < -0.4 is 10.5 Å². The van der Waals surface area contributed by atoms with Crippen molar-refractivity contribution in [1.29, 1.82) is 0 Å². The van der Waals surface area contributed by atoms with Crippen molar-refractivity contribution in [3.63, 3.8) is 0 Å². The van der Waals surface area contributed by atoms with Gasteiger partial charge in [0.1, 0.15) is 5.82 Å². The van der Waals surface area contributed by atoms with Gasteiger partial charge in [-0.05, 0) is 31.0 Å². The predicted molar refractivity (Wildman–Crippen MR) is 75.9 cm³/mol. The van der Waals surface area contributed by atoms with Crippen LogP contribution in [0.25, 0.3) is 0 Å². The molecule has 0 spiro atoms. The molecule has 8 heteroatoms. The van der Waals surface area contributed by atoms with Gasteiger partial charge in [-0.1, -0.05) is 30.5 Å². The second kappa shape index (κ2) is 5.98. The third-order valence-corrected chi connectivity index (χ3v) is 5.28. The molecule has 21 heavy (non-hydrogen) atoms. The Balaban J connectivity index is 2.36. The van der Waals surface area contributed by atoms with Crippen LogP contribution in [0.3, 0.4) is 0 Å². The molecule has 1 saturated carbocycles. The van der Waals surface area contributed by atoms with Gasteiger partial charge >= 0.3 is 0 Å². The van der Waals surface area contributed by atoms with Crippen molar-refractivity contribution in [2.24, 2.45) is 10.9 Å². The highest BCUT2D eigenvalue weighted by Gasteiger charge is 2.40. The van der Waals surface area contributed by atoms with E-state index in [1.165, 1.54) is 18.2 Å². The molecular formula is C13H18FN3O3S. The van der Waals surface area contributed by atoms with Gasteiger partial charge in [-0.2, -0.15) is 4.72 Å². The van der Waals surface area contributed by atoms with E-state index in [1.807, 2.05) is 0 Å². The van der Waals surface area contributed by atoms with Crippen LogP contribution in [0.4, 0.5) is 4.39 Å². The van der Waals surface area contributed by atoms with E-state index in [1.54, 1.807) is 0 Å². The summed E-state index contributed by atoms with van der Waals surface area (Å²) in [5.41, 5.74) is 4.58. The molecule has 1 aromatic carbocycles. The number of halogens is 1. The van der Waals surface area contributed by atoms with Gasteiger partial charge in [0.05, 0.1) is 10.4 Å². The summed E-state index contributed by atoms with van der Waals surface area (Å²) in [6.07, 6.45) is 3.38. The molecule has 4 N–H and O–H groups in total. The zero-order chi connectivity index (χ0) is 15.5. The average molecular weight is 315 g/mol. The molecule has 1 aliphatic rings. The van der Waals surface area contributed by atoms with E-state index >= 15 is 0 Å². The van der Waals surface area contributed by atoms with E-state index in [2.05, 4.69) is 9.88 Å². The lowest BCUT2D eigenvalue weighted by Gasteiger charge is -2.36. The molecule has 116 valence electrons. The number of hydrogen-bond acceptors (Lipinski definition) is 4. The SMILES string of the molecule is N/C(=N/O)C1(NS(=O)(=O)c2cccc(F)c2)CCCCC1. The van der Waals surface area contributed by atoms with Crippen LogP contribution in [-0.4, -0.2) is 25.0 Å². The molecule has 0 atom stereocenters. The molecule has 0 bridgehead atoms. The molecule has 1 aliphatic carbocycles. The van der Waals surface area contributed by atoms with Gasteiger partial charge in [0.15, 0.2) is 5.84 Å². The van der Waals surface area contributed by atoms with Crippen LogP contribution in [-0.2, 0) is 10.0 Å². The Hall–Kier alpha value is -1.67. The molecule has 0 radical (unpaired) electrons. The quantitative estimate of drug-likeness (QED) is 0.339. The van der Waals surface area contributed by atoms with Crippen molar-refractivity contribution in [2.75, 3.05) is 0 Å². The number of hydrogen-bond donors (Lipinski definition) is 3. The molecule has 1 fully saturated rings. The number of sulfonamides is 1. The topological polar surface area (TPSA) is 105 Å². The summed E-state index contributed by atoms with van der Waals surface area (Å²) in [4.78, 5) is -0.182. The van der Waals surface area contributed by atoms with Crippen molar-refractivity contribution in [3.05, 3.63) is 30.1 Å². The van der Waals surface area contributed by atoms with Crippen LogP contribution >= 0.6 is 0 Å². The summed E-state index contributed by atoms with van der Waals surface area (Å²) in [6, 6.07) is 4.72. The lowest BCUT2D eigenvalue weighted by atomic mass is 9.82. The zero-order valence-electron chi connectivity index (χ0n) is 11.4. The highest BCUT2D eigenvalue weighted by molar-refractivity contribution is 7.89. The van der Waals surface area contributed by atoms with E-state index in [9.17, 15) is 12.8 Å². The second-order valence-electron chi connectivity index (χ2n) is 5.19. The third-order valence-electron chi connectivity index (χ3n) is 3.74. The van der Waals surface area contributed by atoms with Crippen LogP contribution in [0.1, 0.15) is 32.1 Å². The monoisotopic (exact) mass is 315 g/mol. The molecule has 0 unspecified atom stereocenters. The van der Waals surface area contributed by atoms with Gasteiger partial charge < -0.3 is 10.9 Å². The number of benzene rings is 1. The molecular weight excluding hydrogens is 297 g/mol. The van der Waals surface area contributed by atoms with Gasteiger partial charge in [-0.15, -0.1) is 0 Å². The lowest BCUT2D eigenvalue weighted by Crippen LogP contribution is -2.58. The van der Waals surface area contributed by atoms with E-state index < -0.39 is 21.4 Å². The fourth-order valence-electron chi connectivity index (χ4n) is 2.61. The third kappa shape index (κ3) is 3.33. The van der Waals surface area contributed by atoms with Crippen molar-refractivity contribution in [1.82, 2.24) is 4.72 Å². The summed E-state index contributed by atoms with van der Waals surface area (Å²) in [6.45, 7) is 0. The largest absolute Gasteiger partial charge is 0.409 e. The number of oxime groups is 1. The van der Waals surface area contributed by atoms with Crippen LogP contribution in [0.15, 0.2) is 34.3 Å². The van der Waals surface area contributed by atoms with E-state index in [0.29, 0.717) is 12.8 Å². The van der Waals surface area contributed by atoms with Gasteiger partial charge in [0.2, 0.25) is 10.0 Å². The highest BCUT2D eigenvalue weighted by Crippen LogP contribution is 2.30. The highest BCUT2D eigenvalue weighted by atomic mass is 32.2. The van der Waals surface area contributed by atoms with Crippen LogP contribution in [0.2, 0.25) is 0 Å². The molecule has 6 nitrogen and oxygen atoms in total. The summed E-state index contributed by atoms with van der Waals surface area (Å²) in [5.74, 6) is -0.804. The zero-order valence-corrected chi connectivity index (χ0v) is 12.2. The molecule has 0 saturated heterocycles. The van der Waals surface area contributed by atoms with Gasteiger partial charge in [-0.3, -0.25) is 0 Å². The first-order chi connectivity index (χ1) is 9.89. The summed E-state index contributed by atoms with van der Waals surface area (Å²) in [5, 5.41) is 11.9. The number of amidine groups is 1. The molecule has 2 rings (SSSR count). The van der Waals surface area contributed by atoms with Gasteiger partial charge in [0, 0.05) is 0 Å². The number of rotatable bonds is 4. The lowest BCUT2D eigenvalue weighted by molar-refractivity contribution is 0.294. The first-order valence-corrected chi connectivity index (χ1v) is 8.15. The molecule has 0 heterocycles. The standard InChI is InChI=1S/C13H18FN3O3S/c14-10-5-4-6-11(9-10)21(19,20)17-13(12(15)16-18)7-2-1-3-8-13/h4-6,9,17-18H,1-3,7-8H2,(H2,15,16). The fraction of sp³-hybridized carbons (Fsp3) is 0.462. The maximum Gasteiger partial charge on any atom is 0.241 e. The Labute approximate surface area is 122 Å². The van der Waals surface area contributed by atoms with Crippen LogP contribution in [0.5, 0.6) is 0 Å². The number of nitrogens with one attached hydrogen (secondary N) is 1. The van der Waals surface area contributed by atoms with Crippen LogP contribution in [0, 0.1) is 5.82 Å². The number of nitrogens with two attached hydrogens (primary N) is 1. The normalized spacial score (nSPS) is 19.4. The smallest absolute Gasteiger partial charge is 0.241 e. The van der Waals surface area contributed by atoms with Gasteiger partial charge in [-0.25, -0.2) is 12.8 Å². The van der Waals surface area contributed by atoms with Crippen molar-refractivity contribution >= 4 is 15.9 Å². The minimum absolute atomic E-state index is 0.165. The maximum atomic E-state index is 13.2. The molecule has 1 aromatic rings. The fourth-order valence-corrected chi connectivity index (χ4v) is 4.08. The minimum Gasteiger partial charge on any atom is -0.409 e. The predicted octanol–water partition coefficient (Wildman–Crippen LogP) is 1.55. The van der Waals surface area contributed by atoms with Gasteiger partial charge in [0.25, 0.3) is 0 Å². The van der Waals surface area contributed by atoms with Crippen molar-refractivity contribution in [2.45, 2.75) is 42.5 Å². The van der Waals surface area contributed by atoms with E-state index in [4.69, 9.17) is 10.9 Å². The molecule has 0 aliphatic heterocycles. The Morgan fingerprint density at radius 3 is 2.57 bits per heavy atom. The Morgan fingerprint density at radius 1 is 1.33 bits per heavy atom. The first-order valence-electron chi connectivity index (χ1n) is 6.67. The second-order valence-corrected chi connectivity index (χ2v) is 6.87.